The van der Waals surface area contributed by atoms with Gasteiger partial charge in [0.25, 0.3) is 0 Å². The number of rotatable bonds is 7. The van der Waals surface area contributed by atoms with Crippen LogP contribution in [-0.4, -0.2) is 61.2 Å². The number of hydrogen-bond acceptors (Lipinski definition) is 3. The number of piperidine rings is 1. The molecule has 0 saturated carbocycles. The van der Waals surface area contributed by atoms with Gasteiger partial charge in [0.1, 0.15) is 0 Å². The minimum atomic E-state index is 0.850. The second-order valence-electron chi connectivity index (χ2n) is 8.89. The lowest BCUT2D eigenvalue weighted by molar-refractivity contribution is 0.217. The van der Waals surface area contributed by atoms with Crippen LogP contribution in [0.3, 0.4) is 0 Å². The number of benzene rings is 1. The summed E-state index contributed by atoms with van der Waals surface area (Å²) >= 11 is 0. The Hall–Kier alpha value is -0.900. The summed E-state index contributed by atoms with van der Waals surface area (Å²) in [6, 6.07) is 12.7. The van der Waals surface area contributed by atoms with Crippen molar-refractivity contribution >= 4 is 0 Å². The van der Waals surface area contributed by atoms with E-state index in [4.69, 9.17) is 0 Å². The zero-order valence-electron chi connectivity index (χ0n) is 16.4. The van der Waals surface area contributed by atoms with E-state index >= 15 is 0 Å². The van der Waals surface area contributed by atoms with Crippen molar-refractivity contribution < 1.29 is 0 Å². The van der Waals surface area contributed by atoms with E-state index in [1.165, 1.54) is 96.2 Å². The molecule has 1 aromatic rings. The van der Waals surface area contributed by atoms with Gasteiger partial charge in [0.05, 0.1) is 0 Å². The van der Waals surface area contributed by atoms with E-state index < -0.39 is 0 Å². The van der Waals surface area contributed by atoms with Crippen molar-refractivity contribution in [3.05, 3.63) is 35.9 Å². The molecule has 3 aliphatic heterocycles. The molecular weight excluding hydrogens is 318 g/mol. The molecule has 2 bridgehead atoms. The number of nitrogens with zero attached hydrogens (tertiary/aromatic N) is 2. The van der Waals surface area contributed by atoms with Gasteiger partial charge in [-0.3, -0.25) is 0 Å². The third-order valence-electron chi connectivity index (χ3n) is 6.89. The maximum absolute atomic E-state index is 3.79. The van der Waals surface area contributed by atoms with Crippen LogP contribution >= 0.6 is 0 Å². The second kappa shape index (κ2) is 9.34. The normalized spacial score (nSPS) is 30.4. The predicted octanol–water partition coefficient (Wildman–Crippen LogP) is 3.55. The lowest BCUT2D eigenvalue weighted by Gasteiger charge is -2.31. The average Bonchev–Trinajstić information content (AvgIpc) is 2.87. The molecule has 2 atom stereocenters. The van der Waals surface area contributed by atoms with Gasteiger partial charge in [-0.05, 0) is 89.0 Å². The van der Waals surface area contributed by atoms with E-state index in [1.807, 2.05) is 0 Å². The van der Waals surface area contributed by atoms with Crippen LogP contribution in [0.5, 0.6) is 0 Å². The average molecular weight is 356 g/mol. The van der Waals surface area contributed by atoms with Crippen molar-refractivity contribution in [2.45, 2.75) is 63.5 Å². The molecule has 1 aromatic carbocycles. The van der Waals surface area contributed by atoms with Gasteiger partial charge in [-0.15, -0.1) is 0 Å². The summed E-state index contributed by atoms with van der Waals surface area (Å²) in [6.45, 7) is 7.76. The largest absolute Gasteiger partial charge is 0.311 e. The molecule has 3 saturated heterocycles. The third kappa shape index (κ3) is 5.31. The lowest BCUT2D eigenvalue weighted by Crippen LogP contribution is -2.39. The number of aryl methyl sites for hydroxylation is 1. The summed E-state index contributed by atoms with van der Waals surface area (Å²) in [7, 11) is 0. The second-order valence-corrected chi connectivity index (χ2v) is 8.89. The first-order valence-electron chi connectivity index (χ1n) is 11.1. The Morgan fingerprint density at radius 1 is 0.846 bits per heavy atom. The van der Waals surface area contributed by atoms with Crippen molar-refractivity contribution in [1.82, 2.24) is 15.1 Å². The molecule has 144 valence electrons. The molecule has 3 nitrogen and oxygen atoms in total. The lowest BCUT2D eigenvalue weighted by atomic mass is 9.89. The van der Waals surface area contributed by atoms with E-state index in [1.54, 1.807) is 0 Å². The van der Waals surface area contributed by atoms with Gasteiger partial charge in [-0.1, -0.05) is 30.3 Å². The molecule has 3 heterocycles. The summed E-state index contributed by atoms with van der Waals surface area (Å²) in [6.07, 6.45) is 11.0. The summed E-state index contributed by atoms with van der Waals surface area (Å²) in [5, 5.41) is 3.79. The van der Waals surface area contributed by atoms with Crippen LogP contribution in [0, 0.1) is 5.92 Å². The van der Waals surface area contributed by atoms with Crippen molar-refractivity contribution in [3.63, 3.8) is 0 Å². The first kappa shape index (κ1) is 18.5. The van der Waals surface area contributed by atoms with Crippen molar-refractivity contribution in [1.29, 1.82) is 0 Å². The zero-order valence-corrected chi connectivity index (χ0v) is 16.4. The SMILES string of the molecule is c1ccc(CCCN2CCCN(CCC3CC4CCC(C3)N4)CC2)cc1. The maximum Gasteiger partial charge on any atom is 0.0109 e. The van der Waals surface area contributed by atoms with Crippen LogP contribution in [0.4, 0.5) is 0 Å². The Morgan fingerprint density at radius 2 is 1.54 bits per heavy atom. The zero-order chi connectivity index (χ0) is 17.6. The van der Waals surface area contributed by atoms with Crippen molar-refractivity contribution in [2.75, 3.05) is 39.3 Å². The molecule has 26 heavy (non-hydrogen) atoms. The predicted molar refractivity (Wildman–Crippen MR) is 110 cm³/mol. The fourth-order valence-electron chi connectivity index (χ4n) is 5.40. The Bertz CT molecular complexity index is 520. The molecule has 2 unspecified atom stereocenters. The Labute approximate surface area is 160 Å². The van der Waals surface area contributed by atoms with Gasteiger partial charge < -0.3 is 15.1 Å². The van der Waals surface area contributed by atoms with Crippen molar-refractivity contribution in [3.8, 4) is 0 Å². The van der Waals surface area contributed by atoms with Crippen LogP contribution < -0.4 is 5.32 Å². The maximum atomic E-state index is 3.79. The number of nitrogens with one attached hydrogen (secondary N) is 1. The first-order valence-corrected chi connectivity index (χ1v) is 11.1. The quantitative estimate of drug-likeness (QED) is 0.807. The van der Waals surface area contributed by atoms with Gasteiger partial charge in [0.15, 0.2) is 0 Å². The minimum absolute atomic E-state index is 0.850. The molecule has 1 N–H and O–H groups in total. The molecule has 3 aliphatic rings. The topological polar surface area (TPSA) is 18.5 Å². The van der Waals surface area contributed by atoms with E-state index in [-0.39, 0.29) is 0 Å². The minimum Gasteiger partial charge on any atom is -0.311 e. The van der Waals surface area contributed by atoms with Crippen LogP contribution in [0.25, 0.3) is 0 Å². The van der Waals surface area contributed by atoms with E-state index in [0.29, 0.717) is 0 Å². The summed E-state index contributed by atoms with van der Waals surface area (Å²) in [5.41, 5.74) is 1.49. The third-order valence-corrected chi connectivity index (χ3v) is 6.89. The van der Waals surface area contributed by atoms with Crippen LogP contribution in [0.15, 0.2) is 30.3 Å². The molecule has 0 aromatic heterocycles. The Balaban J connectivity index is 1.13. The first-order chi connectivity index (χ1) is 12.8. The van der Waals surface area contributed by atoms with E-state index in [0.717, 1.165) is 18.0 Å². The fraction of sp³-hybridized carbons (Fsp3) is 0.739. The van der Waals surface area contributed by atoms with Crippen LogP contribution in [-0.2, 0) is 6.42 Å². The fourth-order valence-corrected chi connectivity index (χ4v) is 5.40. The molecule has 4 rings (SSSR count). The molecular formula is C23H37N3. The molecule has 3 fully saturated rings. The number of hydrogen-bond donors (Lipinski definition) is 1. The highest BCUT2D eigenvalue weighted by molar-refractivity contribution is 5.14. The molecule has 0 amide bonds. The van der Waals surface area contributed by atoms with Gasteiger partial charge >= 0.3 is 0 Å². The monoisotopic (exact) mass is 355 g/mol. The van der Waals surface area contributed by atoms with Crippen LogP contribution in [0.1, 0.15) is 50.5 Å². The molecule has 0 spiro atoms. The Morgan fingerprint density at radius 3 is 2.27 bits per heavy atom. The van der Waals surface area contributed by atoms with E-state index in [2.05, 4.69) is 45.4 Å². The molecule has 0 aliphatic carbocycles. The van der Waals surface area contributed by atoms with Crippen LogP contribution in [0.2, 0.25) is 0 Å². The van der Waals surface area contributed by atoms with Gasteiger partial charge in [0.2, 0.25) is 0 Å². The van der Waals surface area contributed by atoms with Gasteiger partial charge in [0, 0.05) is 25.2 Å². The van der Waals surface area contributed by atoms with Crippen molar-refractivity contribution in [2.24, 2.45) is 5.92 Å². The smallest absolute Gasteiger partial charge is 0.0109 e. The highest BCUT2D eigenvalue weighted by Crippen LogP contribution is 2.32. The standard InChI is InChI=1S/C23H37N3/c1-2-6-20(7-3-1)8-4-12-25-13-5-14-26(17-16-25)15-11-21-18-22-9-10-23(19-21)24-22/h1-3,6-7,21-24H,4-5,8-19H2. The highest BCUT2D eigenvalue weighted by Gasteiger charge is 2.33. The van der Waals surface area contributed by atoms with Gasteiger partial charge in [-0.25, -0.2) is 0 Å². The highest BCUT2D eigenvalue weighted by atomic mass is 15.2. The molecule has 0 radical (unpaired) electrons. The summed E-state index contributed by atoms with van der Waals surface area (Å²) in [4.78, 5) is 5.45. The molecule has 3 heteroatoms. The summed E-state index contributed by atoms with van der Waals surface area (Å²) < 4.78 is 0. The Kier molecular flexibility index (Phi) is 6.63. The van der Waals surface area contributed by atoms with Gasteiger partial charge in [-0.2, -0.15) is 0 Å². The van der Waals surface area contributed by atoms with E-state index in [9.17, 15) is 0 Å². The summed E-state index contributed by atoms with van der Waals surface area (Å²) in [5.74, 6) is 0.985. The number of fused-ring (bicyclic) bond motifs is 2.